The van der Waals surface area contributed by atoms with Crippen molar-refractivity contribution in [1.82, 2.24) is 5.32 Å². The first-order valence-corrected chi connectivity index (χ1v) is 8.53. The van der Waals surface area contributed by atoms with Crippen molar-refractivity contribution >= 4 is 31.6 Å². The summed E-state index contributed by atoms with van der Waals surface area (Å²) in [7, 11) is 0. The van der Waals surface area contributed by atoms with Gasteiger partial charge in [0, 0.05) is 5.92 Å². The number of hydrogen-bond acceptors (Lipinski definition) is 4. The molecule has 2 aromatic carbocycles. The van der Waals surface area contributed by atoms with Crippen molar-refractivity contribution in [1.29, 1.82) is 0 Å². The van der Waals surface area contributed by atoms with Gasteiger partial charge in [-0.1, -0.05) is 56.0 Å². The van der Waals surface area contributed by atoms with Crippen LogP contribution in [0.1, 0.15) is 31.4 Å². The minimum atomic E-state index is -1.25. The Bertz CT molecular complexity index is 880. The van der Waals surface area contributed by atoms with E-state index in [9.17, 15) is 14.7 Å². The van der Waals surface area contributed by atoms with E-state index >= 15 is 0 Å². The summed E-state index contributed by atoms with van der Waals surface area (Å²) in [6.45, 7) is 1.44. The topological polar surface area (TPSA) is 112 Å². The zero-order chi connectivity index (χ0) is 19.4. The van der Waals surface area contributed by atoms with Gasteiger partial charge in [-0.3, -0.25) is 4.79 Å². The number of alkyl carbamates (subject to hydrolysis) is 1. The summed E-state index contributed by atoms with van der Waals surface area (Å²) in [6, 6.07) is 14.6. The summed E-state index contributed by atoms with van der Waals surface area (Å²) in [4.78, 5) is 26.5. The number of fused-ring (bicyclic) bond motifs is 3. The van der Waals surface area contributed by atoms with Crippen LogP contribution in [0.15, 0.2) is 48.5 Å². The number of ketones is 1. The number of hydrogen-bond donors (Lipinski definition) is 2. The van der Waals surface area contributed by atoms with Gasteiger partial charge in [-0.2, -0.15) is 18.3 Å². The van der Waals surface area contributed by atoms with Gasteiger partial charge in [0.15, 0.2) is 0 Å². The van der Waals surface area contributed by atoms with Gasteiger partial charge in [0.05, 0.1) is 6.10 Å². The summed E-state index contributed by atoms with van der Waals surface area (Å²) in [6.07, 6.45) is -1.38. The van der Waals surface area contributed by atoms with Crippen molar-refractivity contribution in [2.75, 3.05) is 6.61 Å². The fourth-order valence-electron chi connectivity index (χ4n) is 3.33. The van der Waals surface area contributed by atoms with Crippen molar-refractivity contribution in [2.45, 2.75) is 32.4 Å². The number of ether oxygens (including phenoxy) is 1. The first kappa shape index (κ1) is 24.1. The van der Waals surface area contributed by atoms with Crippen molar-refractivity contribution < 1.29 is 24.2 Å². The Morgan fingerprint density at radius 1 is 1.17 bits per heavy atom. The molecule has 154 valence electrons. The van der Waals surface area contributed by atoms with Gasteiger partial charge in [-0.05, 0) is 29.2 Å². The second kappa shape index (κ2) is 10.6. The summed E-state index contributed by atoms with van der Waals surface area (Å²) in [5.74, 6) is -0.844. The van der Waals surface area contributed by atoms with Crippen molar-refractivity contribution in [3.8, 4) is 11.1 Å². The van der Waals surface area contributed by atoms with Crippen LogP contribution in [0.4, 0.5) is 4.79 Å². The highest BCUT2D eigenvalue weighted by Crippen LogP contribution is 2.44. The highest BCUT2D eigenvalue weighted by Gasteiger charge is 2.31. The Morgan fingerprint density at radius 3 is 2.17 bits per heavy atom. The highest BCUT2D eigenvalue weighted by molar-refractivity contribution is 7.59. The first-order valence-electron chi connectivity index (χ1n) is 8.53. The third-order valence-electron chi connectivity index (χ3n) is 4.59. The molecule has 0 aromatic heterocycles. The molecule has 29 heavy (non-hydrogen) atoms. The van der Waals surface area contributed by atoms with E-state index in [4.69, 9.17) is 10.3 Å². The lowest BCUT2D eigenvalue weighted by atomic mass is 9.98. The fraction of sp³-hybridized carbons (Fsp3) is 0.286. The van der Waals surface area contributed by atoms with Gasteiger partial charge in [-0.25, -0.2) is 4.79 Å². The van der Waals surface area contributed by atoms with E-state index in [2.05, 4.69) is 10.1 Å². The number of aliphatic hydroxyl groups excluding tert-OH is 1. The number of carbonyl (C=O) groups excluding carboxylic acids is 2. The minimum absolute atomic E-state index is 0. The molecule has 0 saturated carbocycles. The predicted molar refractivity (Wildman–Crippen MR) is 115 cm³/mol. The smallest absolute Gasteiger partial charge is 0.407 e. The molecule has 0 saturated heterocycles. The molecule has 0 heterocycles. The van der Waals surface area contributed by atoms with Crippen LogP contribution in [-0.4, -0.2) is 46.7 Å². The Labute approximate surface area is 176 Å². The Hall–Kier alpha value is -2.93. The monoisotopic (exact) mass is 415 g/mol. The van der Waals surface area contributed by atoms with E-state index in [0.29, 0.717) is 6.21 Å². The molecule has 1 amide bonds. The third kappa shape index (κ3) is 5.12. The lowest BCUT2D eigenvalue weighted by Gasteiger charge is -2.19. The van der Waals surface area contributed by atoms with Gasteiger partial charge >= 0.3 is 12.3 Å². The van der Waals surface area contributed by atoms with Crippen molar-refractivity contribution in [3.63, 3.8) is 0 Å². The third-order valence-corrected chi connectivity index (χ3v) is 4.59. The van der Waals surface area contributed by atoms with E-state index in [1.54, 1.807) is 0 Å². The molecular weight excluding hydrogens is 390 g/mol. The average molecular weight is 416 g/mol. The Morgan fingerprint density at radius 2 is 1.69 bits per heavy atom. The normalized spacial score (nSPS) is 13.3. The molecule has 7 nitrogen and oxygen atoms in total. The van der Waals surface area contributed by atoms with Gasteiger partial charge in [0.25, 0.3) is 5.78 Å². The Balaban J connectivity index is 0.00000210. The molecule has 0 fully saturated rings. The lowest BCUT2D eigenvalue weighted by molar-refractivity contribution is -0.120. The molecule has 0 radical (unpaired) electrons. The molecule has 8 heteroatoms. The van der Waals surface area contributed by atoms with Gasteiger partial charge in [-0.15, -0.1) is 0 Å². The second-order valence-corrected chi connectivity index (χ2v) is 6.34. The standard InChI is InChI=1S/C20H19N3O4.CH4.H2S/c1-12(24)19(18(25)10-22-21)23-20(26)27-11-17-15-8-4-2-6-13(15)14-7-3-5-9-16(14)17;;/h2-10,12,17,19,24H,11H2,1H3,(H,23,26);1H4;1H2/t12-,19+;;/m0../s1. The average Bonchev–Trinajstić information content (AvgIpc) is 2.98. The van der Waals surface area contributed by atoms with E-state index < -0.39 is 24.0 Å². The Kier molecular flexibility index (Phi) is 8.79. The number of nitrogens with one attached hydrogen (secondary N) is 1. The van der Waals surface area contributed by atoms with Gasteiger partial charge < -0.3 is 20.7 Å². The molecule has 0 spiro atoms. The fourth-order valence-corrected chi connectivity index (χ4v) is 3.33. The molecule has 2 atom stereocenters. The van der Waals surface area contributed by atoms with E-state index in [-0.39, 0.29) is 33.4 Å². The molecule has 3 rings (SSSR count). The SMILES string of the molecule is C.C[C@H](O)[C@@H](NC(=O)OCC1c2ccccc2-c2ccccc21)C(=O)C=[N+]=[N-].S. The number of nitrogens with zero attached hydrogens (tertiary/aromatic N) is 2. The molecule has 2 aromatic rings. The highest BCUT2D eigenvalue weighted by atomic mass is 32.1. The summed E-state index contributed by atoms with van der Waals surface area (Å²) in [5, 5.41) is 12.0. The van der Waals surface area contributed by atoms with E-state index in [0.717, 1.165) is 22.3 Å². The number of benzene rings is 2. The van der Waals surface area contributed by atoms with Crippen LogP contribution >= 0.6 is 13.5 Å². The van der Waals surface area contributed by atoms with E-state index in [1.807, 2.05) is 48.5 Å². The van der Waals surface area contributed by atoms with Crippen LogP contribution in [-0.2, 0) is 9.53 Å². The number of Topliss-reactive ketones (excluding diaryl/α,β-unsaturated/α-hetero) is 1. The largest absolute Gasteiger partial charge is 0.449 e. The zero-order valence-electron chi connectivity index (χ0n) is 15.2. The van der Waals surface area contributed by atoms with E-state index in [1.165, 1.54) is 6.92 Å². The maximum absolute atomic E-state index is 12.1. The minimum Gasteiger partial charge on any atom is -0.449 e. The molecular formula is C21H25N3O4S. The number of carbonyl (C=O) groups is 2. The summed E-state index contributed by atoms with van der Waals surface area (Å²) >= 11 is 0. The van der Waals surface area contributed by atoms with Crippen LogP contribution in [0.5, 0.6) is 0 Å². The summed E-state index contributed by atoms with van der Waals surface area (Å²) < 4.78 is 5.33. The number of aliphatic hydroxyl groups is 1. The molecule has 2 N–H and O–H groups in total. The number of amides is 1. The lowest BCUT2D eigenvalue weighted by Crippen LogP contribution is -2.48. The maximum Gasteiger partial charge on any atom is 0.407 e. The molecule has 0 unspecified atom stereocenters. The van der Waals surface area contributed by atoms with Gasteiger partial charge in [0.1, 0.15) is 12.6 Å². The van der Waals surface area contributed by atoms with Gasteiger partial charge in [0.2, 0.25) is 0 Å². The van der Waals surface area contributed by atoms with Crippen LogP contribution in [0.2, 0.25) is 0 Å². The first-order chi connectivity index (χ1) is 13.0. The molecule has 0 aliphatic heterocycles. The quantitative estimate of drug-likeness (QED) is 0.429. The van der Waals surface area contributed by atoms with Crippen LogP contribution in [0.3, 0.4) is 0 Å². The molecule has 1 aliphatic carbocycles. The van der Waals surface area contributed by atoms with Crippen LogP contribution < -0.4 is 5.32 Å². The van der Waals surface area contributed by atoms with Crippen LogP contribution in [0, 0.1) is 0 Å². The maximum atomic E-state index is 12.1. The van der Waals surface area contributed by atoms with Crippen LogP contribution in [0.25, 0.3) is 16.7 Å². The van der Waals surface area contributed by atoms with Crippen molar-refractivity contribution in [2.24, 2.45) is 0 Å². The predicted octanol–water partition coefficient (Wildman–Crippen LogP) is 2.89. The molecule has 1 aliphatic rings. The number of rotatable bonds is 6. The zero-order valence-corrected chi connectivity index (χ0v) is 16.2. The second-order valence-electron chi connectivity index (χ2n) is 6.34. The summed E-state index contributed by atoms with van der Waals surface area (Å²) in [5.41, 5.74) is 12.8. The van der Waals surface area contributed by atoms with Crippen molar-refractivity contribution in [3.05, 3.63) is 65.2 Å². The molecule has 0 bridgehead atoms.